The zero-order valence-corrected chi connectivity index (χ0v) is 15.5. The number of aryl methyl sites for hydroxylation is 2. The molecule has 0 aromatic heterocycles. The van der Waals surface area contributed by atoms with Gasteiger partial charge in [0.1, 0.15) is 6.04 Å². The van der Waals surface area contributed by atoms with Crippen molar-refractivity contribution in [2.75, 3.05) is 19.1 Å². The Morgan fingerprint density at radius 1 is 1.17 bits per heavy atom. The van der Waals surface area contributed by atoms with Crippen LogP contribution in [0.4, 0.5) is 0 Å². The normalized spacial score (nSPS) is 11.7. The number of carbonyl (C=O) groups is 3. The Morgan fingerprint density at radius 3 is 2.46 bits per heavy atom. The minimum Gasteiger partial charge on any atom is -0.467 e. The van der Waals surface area contributed by atoms with Gasteiger partial charge in [0.2, 0.25) is 5.91 Å². The van der Waals surface area contributed by atoms with Gasteiger partial charge in [-0.2, -0.15) is 11.8 Å². The molecule has 0 fully saturated rings. The van der Waals surface area contributed by atoms with Gasteiger partial charge in [0.15, 0.2) is 5.78 Å². The maximum atomic E-state index is 12.2. The highest BCUT2D eigenvalue weighted by molar-refractivity contribution is 7.98. The Morgan fingerprint density at radius 2 is 1.88 bits per heavy atom. The van der Waals surface area contributed by atoms with Gasteiger partial charge in [-0.05, 0) is 49.5 Å². The van der Waals surface area contributed by atoms with Crippen LogP contribution in [0.1, 0.15) is 40.7 Å². The van der Waals surface area contributed by atoms with Gasteiger partial charge in [0, 0.05) is 18.4 Å². The van der Waals surface area contributed by atoms with Crippen LogP contribution in [-0.2, 0) is 14.3 Å². The molecule has 0 saturated heterocycles. The Kier molecular flexibility index (Phi) is 8.54. The molecule has 1 aromatic rings. The highest BCUT2D eigenvalue weighted by Gasteiger charge is 2.21. The first-order valence-electron chi connectivity index (χ1n) is 7.85. The third-order valence-corrected chi connectivity index (χ3v) is 4.48. The summed E-state index contributed by atoms with van der Waals surface area (Å²) in [7, 11) is 1.30. The van der Waals surface area contributed by atoms with Gasteiger partial charge in [0.25, 0.3) is 0 Å². The largest absolute Gasteiger partial charge is 0.467 e. The van der Waals surface area contributed by atoms with E-state index in [2.05, 4.69) is 5.32 Å². The molecule has 1 N–H and O–H groups in total. The van der Waals surface area contributed by atoms with E-state index in [0.29, 0.717) is 12.0 Å². The zero-order valence-electron chi connectivity index (χ0n) is 14.7. The lowest BCUT2D eigenvalue weighted by Crippen LogP contribution is -2.42. The summed E-state index contributed by atoms with van der Waals surface area (Å²) in [6, 6.07) is 4.86. The van der Waals surface area contributed by atoms with Gasteiger partial charge < -0.3 is 10.1 Å². The second-order valence-electron chi connectivity index (χ2n) is 5.65. The fourth-order valence-corrected chi connectivity index (χ4v) is 2.65. The molecule has 1 rings (SSSR count). The topological polar surface area (TPSA) is 72.5 Å². The molecule has 0 aliphatic carbocycles. The van der Waals surface area contributed by atoms with Crippen molar-refractivity contribution < 1.29 is 19.1 Å². The van der Waals surface area contributed by atoms with E-state index in [-0.39, 0.29) is 24.5 Å². The molecule has 5 nitrogen and oxygen atoms in total. The number of hydrogen-bond donors (Lipinski definition) is 1. The maximum absolute atomic E-state index is 12.2. The number of rotatable bonds is 9. The maximum Gasteiger partial charge on any atom is 0.328 e. The standard InChI is InChI=1S/C18H25NO4S/c1-12-5-6-14(11-13(12)2)16(20)7-8-17(21)19-15(9-10-24-4)18(22)23-3/h5-6,11,15H,7-10H2,1-4H3,(H,19,21)/t15-/m1/s1. The SMILES string of the molecule is COC(=O)[C@@H](CCSC)NC(=O)CCC(=O)c1ccc(C)c(C)c1. The summed E-state index contributed by atoms with van der Waals surface area (Å²) in [5.41, 5.74) is 2.78. The zero-order chi connectivity index (χ0) is 18.1. The Labute approximate surface area is 147 Å². The van der Waals surface area contributed by atoms with Gasteiger partial charge in [-0.1, -0.05) is 12.1 Å². The Bertz CT molecular complexity index is 601. The van der Waals surface area contributed by atoms with Gasteiger partial charge >= 0.3 is 5.97 Å². The molecule has 1 amide bonds. The lowest BCUT2D eigenvalue weighted by molar-refractivity contribution is -0.145. The predicted molar refractivity (Wildman–Crippen MR) is 96.4 cm³/mol. The minimum atomic E-state index is -0.660. The average molecular weight is 351 g/mol. The van der Waals surface area contributed by atoms with Crippen molar-refractivity contribution in [1.82, 2.24) is 5.32 Å². The number of ketones is 1. The van der Waals surface area contributed by atoms with E-state index in [0.717, 1.165) is 16.9 Å². The van der Waals surface area contributed by atoms with E-state index in [9.17, 15) is 14.4 Å². The van der Waals surface area contributed by atoms with Crippen LogP contribution in [0.25, 0.3) is 0 Å². The number of hydrogen-bond acceptors (Lipinski definition) is 5. The van der Waals surface area contributed by atoms with Gasteiger partial charge in [0.05, 0.1) is 7.11 Å². The molecule has 0 radical (unpaired) electrons. The van der Waals surface area contributed by atoms with E-state index >= 15 is 0 Å². The van der Waals surface area contributed by atoms with Crippen LogP contribution >= 0.6 is 11.8 Å². The second-order valence-corrected chi connectivity index (χ2v) is 6.63. The van der Waals surface area contributed by atoms with E-state index in [1.54, 1.807) is 17.8 Å². The molecule has 132 valence electrons. The first-order valence-corrected chi connectivity index (χ1v) is 9.25. The number of carbonyl (C=O) groups excluding carboxylic acids is 3. The summed E-state index contributed by atoms with van der Waals surface area (Å²) in [6.45, 7) is 3.93. The van der Waals surface area contributed by atoms with E-state index in [4.69, 9.17) is 4.74 Å². The van der Waals surface area contributed by atoms with E-state index in [1.807, 2.05) is 32.2 Å². The first kappa shape index (κ1) is 20.2. The molecule has 0 heterocycles. The van der Waals surface area contributed by atoms with Crippen molar-refractivity contribution >= 4 is 29.4 Å². The van der Waals surface area contributed by atoms with Crippen LogP contribution in [-0.4, -0.2) is 42.8 Å². The molecule has 24 heavy (non-hydrogen) atoms. The molecule has 1 aromatic carbocycles. The molecular formula is C18H25NO4S. The summed E-state index contributed by atoms with van der Waals surface area (Å²) in [4.78, 5) is 35.9. The molecule has 0 aliphatic rings. The van der Waals surface area contributed by atoms with Gasteiger partial charge in [-0.3, -0.25) is 9.59 Å². The smallest absolute Gasteiger partial charge is 0.328 e. The van der Waals surface area contributed by atoms with Crippen molar-refractivity contribution in [2.45, 2.75) is 39.2 Å². The highest BCUT2D eigenvalue weighted by Crippen LogP contribution is 2.12. The summed E-state index contributed by atoms with van der Waals surface area (Å²) < 4.78 is 4.70. The molecule has 0 unspecified atom stereocenters. The molecular weight excluding hydrogens is 326 g/mol. The number of esters is 1. The summed E-state index contributed by atoms with van der Waals surface area (Å²) >= 11 is 1.59. The van der Waals surface area contributed by atoms with Gasteiger partial charge in [-0.25, -0.2) is 4.79 Å². The first-order chi connectivity index (χ1) is 11.4. The summed E-state index contributed by atoms with van der Waals surface area (Å²) in [5, 5.41) is 2.65. The van der Waals surface area contributed by atoms with Crippen LogP contribution in [0.15, 0.2) is 18.2 Å². The van der Waals surface area contributed by atoms with Crippen molar-refractivity contribution in [3.8, 4) is 0 Å². The quantitative estimate of drug-likeness (QED) is 0.547. The van der Waals surface area contributed by atoms with Gasteiger partial charge in [-0.15, -0.1) is 0 Å². The van der Waals surface area contributed by atoms with E-state index in [1.165, 1.54) is 7.11 Å². The van der Waals surface area contributed by atoms with Crippen molar-refractivity contribution in [1.29, 1.82) is 0 Å². The van der Waals surface area contributed by atoms with Crippen LogP contribution in [0.2, 0.25) is 0 Å². The summed E-state index contributed by atoms with van der Waals surface area (Å²) in [5.74, 6) is -0.115. The number of ether oxygens (including phenoxy) is 1. The van der Waals surface area contributed by atoms with Crippen molar-refractivity contribution in [2.24, 2.45) is 0 Å². The fraction of sp³-hybridized carbons (Fsp3) is 0.500. The van der Waals surface area contributed by atoms with Crippen LogP contribution < -0.4 is 5.32 Å². The number of Topliss-reactive ketones (excluding diaryl/α,β-unsaturated/α-hetero) is 1. The summed E-state index contributed by atoms with van der Waals surface area (Å²) in [6.07, 6.45) is 2.60. The van der Waals surface area contributed by atoms with Crippen LogP contribution in [0, 0.1) is 13.8 Å². The molecule has 0 saturated carbocycles. The number of benzene rings is 1. The van der Waals surface area contributed by atoms with Crippen LogP contribution in [0.5, 0.6) is 0 Å². The molecule has 0 spiro atoms. The second kappa shape index (κ2) is 10.1. The number of nitrogens with one attached hydrogen (secondary N) is 1. The van der Waals surface area contributed by atoms with E-state index < -0.39 is 12.0 Å². The molecule has 1 atom stereocenters. The number of methoxy groups -OCH3 is 1. The third-order valence-electron chi connectivity index (χ3n) is 3.84. The predicted octanol–water partition coefficient (Wildman–Crippen LogP) is 2.68. The lowest BCUT2D eigenvalue weighted by Gasteiger charge is -2.15. The molecule has 0 bridgehead atoms. The Balaban J connectivity index is 2.55. The van der Waals surface area contributed by atoms with Crippen molar-refractivity contribution in [3.05, 3.63) is 34.9 Å². The van der Waals surface area contributed by atoms with Crippen LogP contribution in [0.3, 0.4) is 0 Å². The number of amides is 1. The Hall–Kier alpha value is -1.82. The average Bonchev–Trinajstić information content (AvgIpc) is 2.58. The van der Waals surface area contributed by atoms with Crippen molar-refractivity contribution in [3.63, 3.8) is 0 Å². The molecule has 0 aliphatic heterocycles. The molecule has 6 heteroatoms. The third kappa shape index (κ3) is 6.35. The highest BCUT2D eigenvalue weighted by atomic mass is 32.2. The monoisotopic (exact) mass is 351 g/mol. The fourth-order valence-electron chi connectivity index (χ4n) is 2.18. The minimum absolute atomic E-state index is 0.0541. The lowest BCUT2D eigenvalue weighted by atomic mass is 10.0. The number of thioether (sulfide) groups is 1.